The number of fused-ring (bicyclic) bond motifs is 1. The summed E-state index contributed by atoms with van der Waals surface area (Å²) < 4.78 is 13.1. The monoisotopic (exact) mass is 646 g/mol. The molecule has 4 aromatic rings. The number of carbonyl (C=O) groups excluding carboxylic acids is 1. The van der Waals surface area contributed by atoms with Crippen LogP contribution >= 0.6 is 57.7 Å². The van der Waals surface area contributed by atoms with E-state index in [0.29, 0.717) is 59.0 Å². The summed E-state index contributed by atoms with van der Waals surface area (Å²) in [7, 11) is 1.32. The fraction of sp³-hybridized carbons (Fsp3) is 0.167. The number of hydrogen-bond acceptors (Lipinski definition) is 6. The van der Waals surface area contributed by atoms with E-state index in [9.17, 15) is 9.59 Å². The third-order valence-electron chi connectivity index (χ3n) is 6.48. The Kier molecular flexibility index (Phi) is 8.92. The second-order valence-electron chi connectivity index (χ2n) is 9.03. The van der Waals surface area contributed by atoms with Gasteiger partial charge in [0.25, 0.3) is 5.56 Å². The Hall–Kier alpha value is -3.07. The maximum absolute atomic E-state index is 14.0. The van der Waals surface area contributed by atoms with Crippen molar-refractivity contribution in [3.63, 3.8) is 0 Å². The number of aromatic nitrogens is 1. The third-order valence-corrected chi connectivity index (χ3v) is 8.55. The van der Waals surface area contributed by atoms with Crippen molar-refractivity contribution >= 4 is 69.8 Å². The van der Waals surface area contributed by atoms with Crippen molar-refractivity contribution in [1.82, 2.24) is 4.57 Å². The molecule has 0 saturated heterocycles. The molecule has 41 heavy (non-hydrogen) atoms. The second-order valence-corrected chi connectivity index (χ2v) is 11.7. The Labute approximate surface area is 259 Å². The molecule has 0 N–H and O–H groups in total. The summed E-state index contributed by atoms with van der Waals surface area (Å²) in [5.41, 5.74) is 2.52. The van der Waals surface area contributed by atoms with Crippen LogP contribution in [0.25, 0.3) is 6.08 Å². The minimum atomic E-state index is -0.706. The molecule has 0 bridgehead atoms. The molecule has 0 radical (unpaired) electrons. The molecule has 0 amide bonds. The minimum absolute atomic E-state index is 0.107. The number of carbonyl (C=O) groups is 1. The Morgan fingerprint density at radius 3 is 2.44 bits per heavy atom. The molecule has 6 nitrogen and oxygen atoms in total. The van der Waals surface area contributed by atoms with E-state index >= 15 is 0 Å². The molecule has 0 unspecified atom stereocenters. The smallest absolute Gasteiger partial charge is 0.338 e. The summed E-state index contributed by atoms with van der Waals surface area (Å²) in [5.74, 6) is -0.205. The predicted octanol–water partition coefficient (Wildman–Crippen LogP) is 6.99. The first kappa shape index (κ1) is 29.4. The van der Waals surface area contributed by atoms with Gasteiger partial charge in [0.2, 0.25) is 0 Å². The molecule has 3 aromatic carbocycles. The molecule has 1 aliphatic heterocycles. The van der Waals surface area contributed by atoms with Gasteiger partial charge >= 0.3 is 5.97 Å². The number of thiazole rings is 1. The number of ether oxygens (including phenoxy) is 2. The zero-order valence-corrected chi connectivity index (χ0v) is 25.6. The third kappa shape index (κ3) is 5.96. The molecule has 0 saturated carbocycles. The number of benzene rings is 3. The van der Waals surface area contributed by atoms with Crippen LogP contribution in [0.15, 0.2) is 81.7 Å². The quantitative estimate of drug-likeness (QED) is 0.203. The second kappa shape index (κ2) is 12.4. The van der Waals surface area contributed by atoms with Crippen LogP contribution in [-0.4, -0.2) is 17.6 Å². The van der Waals surface area contributed by atoms with Crippen molar-refractivity contribution in [2.24, 2.45) is 4.99 Å². The summed E-state index contributed by atoms with van der Waals surface area (Å²) in [6.07, 6.45) is 2.14. The van der Waals surface area contributed by atoms with Crippen molar-refractivity contribution in [1.29, 1.82) is 0 Å². The number of nitrogens with zero attached hydrogens (tertiary/aromatic N) is 2. The van der Waals surface area contributed by atoms with Crippen LogP contribution in [0, 0.1) is 0 Å². The van der Waals surface area contributed by atoms with Crippen molar-refractivity contribution in [2.75, 3.05) is 7.11 Å². The summed E-state index contributed by atoms with van der Waals surface area (Å²) in [4.78, 5) is 32.1. The van der Waals surface area contributed by atoms with Gasteiger partial charge in [0.05, 0.1) is 34.0 Å². The number of halogens is 4. The molecule has 0 spiro atoms. The zero-order chi connectivity index (χ0) is 29.3. The van der Waals surface area contributed by atoms with E-state index in [0.717, 1.165) is 5.56 Å². The number of allylic oxidation sites excluding steroid dienone is 1. The number of hydrogen-bond donors (Lipinski definition) is 0. The Bertz CT molecular complexity index is 1870. The minimum Gasteiger partial charge on any atom is -0.487 e. The first-order chi connectivity index (χ1) is 19.7. The lowest BCUT2D eigenvalue weighted by molar-refractivity contribution is -0.136. The topological polar surface area (TPSA) is 69.9 Å². The molecule has 5 rings (SSSR count). The van der Waals surface area contributed by atoms with Gasteiger partial charge in [0, 0.05) is 26.2 Å². The molecule has 0 fully saturated rings. The highest BCUT2D eigenvalue weighted by Crippen LogP contribution is 2.35. The molecule has 2 heterocycles. The average Bonchev–Trinajstić information content (AvgIpc) is 3.26. The van der Waals surface area contributed by atoms with Crippen LogP contribution in [0.5, 0.6) is 5.75 Å². The van der Waals surface area contributed by atoms with Gasteiger partial charge in [-0.1, -0.05) is 101 Å². The number of rotatable bonds is 7. The lowest BCUT2D eigenvalue weighted by atomic mass is 9.95. The number of methoxy groups -OCH3 is 1. The Balaban J connectivity index is 1.66. The van der Waals surface area contributed by atoms with Gasteiger partial charge in [0.15, 0.2) is 4.80 Å². The highest BCUT2D eigenvalue weighted by atomic mass is 35.5. The van der Waals surface area contributed by atoms with Crippen LogP contribution in [0.1, 0.15) is 36.1 Å². The van der Waals surface area contributed by atoms with E-state index in [4.69, 9.17) is 60.9 Å². The van der Waals surface area contributed by atoms with Crippen LogP contribution in [-0.2, 0) is 16.1 Å². The van der Waals surface area contributed by atoms with E-state index in [1.165, 1.54) is 23.0 Å². The molecular formula is C30H22Cl4N2O4S. The number of esters is 1. The first-order valence-electron chi connectivity index (χ1n) is 12.5. The molecule has 11 heteroatoms. The van der Waals surface area contributed by atoms with E-state index in [2.05, 4.69) is 0 Å². The normalized spacial score (nSPS) is 15.0. The van der Waals surface area contributed by atoms with Crippen molar-refractivity contribution < 1.29 is 14.3 Å². The van der Waals surface area contributed by atoms with E-state index in [1.54, 1.807) is 36.4 Å². The van der Waals surface area contributed by atoms with Crippen molar-refractivity contribution in [3.05, 3.63) is 128 Å². The van der Waals surface area contributed by atoms with Crippen molar-refractivity contribution in [3.8, 4) is 5.75 Å². The summed E-state index contributed by atoms with van der Waals surface area (Å²) in [6.45, 7) is 2.01. The molecule has 0 aliphatic carbocycles. The summed E-state index contributed by atoms with van der Waals surface area (Å²) in [5, 5.41) is 1.60. The first-order valence-corrected chi connectivity index (χ1v) is 14.8. The van der Waals surface area contributed by atoms with E-state index in [1.807, 2.05) is 37.3 Å². The lowest BCUT2D eigenvalue weighted by Gasteiger charge is -2.25. The summed E-state index contributed by atoms with van der Waals surface area (Å²) >= 11 is 26.4. The average molecular weight is 648 g/mol. The van der Waals surface area contributed by atoms with E-state index in [-0.39, 0.29) is 17.2 Å². The van der Waals surface area contributed by atoms with Gasteiger partial charge in [0.1, 0.15) is 12.4 Å². The highest BCUT2D eigenvalue weighted by molar-refractivity contribution is 7.07. The van der Waals surface area contributed by atoms with Gasteiger partial charge in [-0.3, -0.25) is 9.36 Å². The molecule has 1 aliphatic rings. The van der Waals surface area contributed by atoms with Gasteiger partial charge in [-0.25, -0.2) is 9.79 Å². The van der Waals surface area contributed by atoms with Crippen LogP contribution < -0.4 is 19.6 Å². The van der Waals surface area contributed by atoms with Gasteiger partial charge in [-0.15, -0.1) is 0 Å². The van der Waals surface area contributed by atoms with Crippen LogP contribution in [0.2, 0.25) is 20.1 Å². The molecule has 210 valence electrons. The Morgan fingerprint density at radius 2 is 1.76 bits per heavy atom. The van der Waals surface area contributed by atoms with Gasteiger partial charge in [-0.05, 0) is 42.3 Å². The summed E-state index contributed by atoms with van der Waals surface area (Å²) in [6, 6.07) is 17.0. The van der Waals surface area contributed by atoms with Crippen LogP contribution in [0.3, 0.4) is 0 Å². The standard InChI is InChI=1S/C30H22Cl4N2O4S/c1-3-23-25(29(38)39-2)26(16-7-5-4-6-8-16)36-28(37)24(41-30(36)35-23)12-18-11-20(32)14-22(34)27(18)40-15-17-9-10-19(31)13-21(17)33/h4-14,26H,3,15H2,1-2H3/b24-12+/t26-/m1/s1. The lowest BCUT2D eigenvalue weighted by Crippen LogP contribution is -2.40. The highest BCUT2D eigenvalue weighted by Gasteiger charge is 2.33. The molecule has 1 aromatic heterocycles. The van der Waals surface area contributed by atoms with Gasteiger partial charge < -0.3 is 9.47 Å². The maximum atomic E-state index is 14.0. The SMILES string of the molecule is CCC1=C(C(=O)OC)[C@@H](c2ccccc2)n2c(s/c(=C/c3cc(Cl)cc(Cl)c3OCc3ccc(Cl)cc3Cl)c2=O)=N1. The fourth-order valence-corrected chi connectivity index (χ4v) is 6.62. The predicted molar refractivity (Wildman–Crippen MR) is 164 cm³/mol. The van der Waals surface area contributed by atoms with E-state index < -0.39 is 12.0 Å². The zero-order valence-electron chi connectivity index (χ0n) is 21.8. The van der Waals surface area contributed by atoms with Crippen LogP contribution in [0.4, 0.5) is 0 Å². The maximum Gasteiger partial charge on any atom is 0.338 e. The largest absolute Gasteiger partial charge is 0.487 e. The molecular weight excluding hydrogens is 626 g/mol. The Morgan fingerprint density at radius 1 is 1.02 bits per heavy atom. The molecule has 1 atom stereocenters. The van der Waals surface area contributed by atoms with Crippen molar-refractivity contribution in [2.45, 2.75) is 26.0 Å². The fourth-order valence-electron chi connectivity index (χ4n) is 4.58. The van der Waals surface area contributed by atoms with Gasteiger partial charge in [-0.2, -0.15) is 0 Å².